The summed E-state index contributed by atoms with van der Waals surface area (Å²) < 4.78 is 57.6. The second-order valence-electron chi connectivity index (χ2n) is 5.08. The highest BCUT2D eigenvalue weighted by molar-refractivity contribution is 5.85. The van der Waals surface area contributed by atoms with Gasteiger partial charge in [-0.15, -0.1) is 24.8 Å². The Kier molecular flexibility index (Phi) is 9.61. The third-order valence-corrected chi connectivity index (χ3v) is 3.16. The van der Waals surface area contributed by atoms with Gasteiger partial charge in [0.15, 0.2) is 11.7 Å². The van der Waals surface area contributed by atoms with E-state index in [0.29, 0.717) is 6.07 Å². The number of rotatable bonds is 7. The monoisotopic (exact) mass is 417 g/mol. The van der Waals surface area contributed by atoms with Crippen LogP contribution in [0.4, 0.5) is 17.6 Å². The van der Waals surface area contributed by atoms with E-state index in [1.54, 1.807) is 0 Å². The number of nitrogens with zero attached hydrogens (tertiary/aromatic N) is 1. The highest BCUT2D eigenvalue weighted by Gasteiger charge is 2.27. The average molecular weight is 418 g/mol. The first-order valence-corrected chi connectivity index (χ1v) is 7.05. The Labute approximate surface area is 159 Å². The van der Waals surface area contributed by atoms with Gasteiger partial charge < -0.3 is 15.5 Å². The molecule has 1 aromatic carbocycles. The summed E-state index contributed by atoms with van der Waals surface area (Å²) in [7, 11) is 0. The minimum Gasteiger partial charge on any atom is -0.441 e. The van der Waals surface area contributed by atoms with Gasteiger partial charge in [-0.3, -0.25) is 4.79 Å². The van der Waals surface area contributed by atoms with E-state index in [-0.39, 0.29) is 54.9 Å². The predicted molar refractivity (Wildman–Crippen MR) is 91.7 cm³/mol. The van der Waals surface area contributed by atoms with Crippen LogP contribution in [0.15, 0.2) is 28.8 Å². The average Bonchev–Trinajstić information content (AvgIpc) is 2.99. The van der Waals surface area contributed by atoms with E-state index in [9.17, 15) is 22.4 Å². The van der Waals surface area contributed by atoms with E-state index < -0.39 is 36.6 Å². The molecule has 0 radical (unpaired) electrons. The smallest absolute Gasteiger partial charge is 0.277 e. The summed E-state index contributed by atoms with van der Waals surface area (Å²) in [6.07, 6.45) is 1.15. The molecule has 0 atom stereocenters. The third kappa shape index (κ3) is 6.81. The van der Waals surface area contributed by atoms with Gasteiger partial charge in [0.1, 0.15) is 11.6 Å². The summed E-state index contributed by atoms with van der Waals surface area (Å²) in [5.41, 5.74) is 4.89. The summed E-state index contributed by atoms with van der Waals surface area (Å²) in [4.78, 5) is 15.4. The zero-order valence-corrected chi connectivity index (χ0v) is 14.9. The molecule has 0 unspecified atom stereocenters. The van der Waals surface area contributed by atoms with Crippen LogP contribution in [0.25, 0.3) is 11.3 Å². The van der Waals surface area contributed by atoms with Crippen LogP contribution in [-0.2, 0) is 11.2 Å². The fourth-order valence-corrected chi connectivity index (χ4v) is 1.85. The second-order valence-corrected chi connectivity index (χ2v) is 5.08. The van der Waals surface area contributed by atoms with Crippen LogP contribution in [0.1, 0.15) is 12.3 Å². The number of oxazole rings is 1. The molecular formula is C15H17Cl2F4N3O2. The lowest BCUT2D eigenvalue weighted by molar-refractivity contribution is -0.122. The van der Waals surface area contributed by atoms with Gasteiger partial charge in [-0.05, 0) is 12.1 Å². The number of hydrogen-bond donors (Lipinski definition) is 2. The van der Waals surface area contributed by atoms with Crippen molar-refractivity contribution in [2.24, 2.45) is 5.73 Å². The number of carbonyl (C=O) groups excluding carboxylic acids is 1. The fraction of sp³-hybridized carbons (Fsp3) is 0.333. The summed E-state index contributed by atoms with van der Waals surface area (Å²) in [5, 5.41) is 2.06. The van der Waals surface area contributed by atoms with Crippen molar-refractivity contribution in [3.63, 3.8) is 0 Å². The Morgan fingerprint density at radius 1 is 1.27 bits per heavy atom. The maximum atomic E-state index is 13.6. The number of aromatic nitrogens is 1. The molecule has 0 aliphatic carbocycles. The van der Waals surface area contributed by atoms with Crippen molar-refractivity contribution >= 4 is 30.7 Å². The third-order valence-electron chi connectivity index (χ3n) is 3.16. The highest BCUT2D eigenvalue weighted by atomic mass is 35.5. The van der Waals surface area contributed by atoms with Crippen LogP contribution < -0.4 is 11.1 Å². The first kappa shape index (κ1) is 24.2. The highest BCUT2D eigenvalue weighted by Crippen LogP contribution is 2.24. The molecule has 0 bridgehead atoms. The van der Waals surface area contributed by atoms with E-state index in [2.05, 4.69) is 10.3 Å². The van der Waals surface area contributed by atoms with Gasteiger partial charge in [-0.2, -0.15) is 0 Å². The molecule has 0 saturated carbocycles. The van der Waals surface area contributed by atoms with Crippen LogP contribution in [0.5, 0.6) is 0 Å². The van der Waals surface area contributed by atoms with Crippen molar-refractivity contribution in [2.45, 2.75) is 18.8 Å². The van der Waals surface area contributed by atoms with Gasteiger partial charge in [-0.1, -0.05) is 0 Å². The van der Waals surface area contributed by atoms with Crippen molar-refractivity contribution in [3.8, 4) is 11.3 Å². The van der Waals surface area contributed by atoms with Crippen molar-refractivity contribution in [3.05, 3.63) is 41.9 Å². The number of hydrogen-bond acceptors (Lipinski definition) is 4. The Hall–Kier alpha value is -1.84. The second kappa shape index (κ2) is 10.3. The molecule has 2 aromatic rings. The van der Waals surface area contributed by atoms with E-state index in [4.69, 9.17) is 10.2 Å². The molecule has 26 heavy (non-hydrogen) atoms. The van der Waals surface area contributed by atoms with E-state index in [1.165, 1.54) is 12.3 Å². The van der Waals surface area contributed by atoms with Crippen LogP contribution in [-0.4, -0.2) is 29.9 Å². The van der Waals surface area contributed by atoms with Gasteiger partial charge in [0.05, 0.1) is 24.8 Å². The summed E-state index contributed by atoms with van der Waals surface area (Å²) in [6.45, 7) is -1.71. The maximum Gasteiger partial charge on any atom is 0.277 e. The summed E-state index contributed by atoms with van der Waals surface area (Å²) in [5.74, 6) is -5.09. The molecule has 1 aromatic heterocycles. The normalized spacial score (nSPS) is 10.7. The molecule has 0 saturated heterocycles. The number of aryl methyl sites for hydroxylation is 1. The minimum atomic E-state index is -3.16. The molecule has 0 spiro atoms. The lowest BCUT2D eigenvalue weighted by Gasteiger charge is -2.14. The predicted octanol–water partition coefficient (Wildman–Crippen LogP) is 3.11. The largest absolute Gasteiger partial charge is 0.441 e. The number of benzene rings is 1. The standard InChI is InChI=1S/C15H15F4N3O2.2ClH/c16-9-1-2-10(11(17)5-9)12-6-21-14(24-12)4-3-13(23)22-8-15(18,19)7-20;;/h1-2,5-6H,3-4,7-8,20H2,(H,22,23);2*1H. The number of carbonyl (C=O) groups is 1. The molecule has 3 N–H and O–H groups in total. The SMILES string of the molecule is Cl.Cl.NCC(F)(F)CNC(=O)CCc1ncc(-c2ccc(F)cc2F)o1. The molecule has 0 aliphatic heterocycles. The summed E-state index contributed by atoms with van der Waals surface area (Å²) >= 11 is 0. The first-order valence-electron chi connectivity index (χ1n) is 7.05. The van der Waals surface area contributed by atoms with E-state index >= 15 is 0 Å². The lowest BCUT2D eigenvalue weighted by Crippen LogP contribution is -2.41. The molecule has 5 nitrogen and oxygen atoms in total. The number of amides is 1. The quantitative estimate of drug-likeness (QED) is 0.678. The van der Waals surface area contributed by atoms with Crippen LogP contribution in [0.2, 0.25) is 0 Å². The van der Waals surface area contributed by atoms with Crippen LogP contribution >= 0.6 is 24.8 Å². The molecular weight excluding hydrogens is 401 g/mol. The molecule has 0 fully saturated rings. The zero-order chi connectivity index (χ0) is 17.7. The number of nitrogens with one attached hydrogen (secondary N) is 1. The topological polar surface area (TPSA) is 81.1 Å². The van der Waals surface area contributed by atoms with E-state index in [0.717, 1.165) is 6.07 Å². The van der Waals surface area contributed by atoms with Gasteiger partial charge in [0.25, 0.3) is 5.92 Å². The number of alkyl halides is 2. The Morgan fingerprint density at radius 3 is 2.58 bits per heavy atom. The number of halogens is 6. The van der Waals surface area contributed by atoms with Crippen LogP contribution in [0, 0.1) is 11.6 Å². The van der Waals surface area contributed by atoms with Gasteiger partial charge in [-0.25, -0.2) is 22.5 Å². The van der Waals surface area contributed by atoms with Gasteiger partial charge in [0.2, 0.25) is 5.91 Å². The van der Waals surface area contributed by atoms with Crippen LogP contribution in [0.3, 0.4) is 0 Å². The minimum absolute atomic E-state index is 0. The fourth-order valence-electron chi connectivity index (χ4n) is 1.85. The molecule has 2 rings (SSSR count). The Balaban J connectivity index is 0.00000312. The Bertz CT molecular complexity index is 729. The molecule has 146 valence electrons. The summed E-state index contributed by atoms with van der Waals surface area (Å²) in [6, 6.07) is 2.99. The van der Waals surface area contributed by atoms with Gasteiger partial charge >= 0.3 is 0 Å². The van der Waals surface area contributed by atoms with Crippen molar-refractivity contribution < 1.29 is 26.8 Å². The maximum absolute atomic E-state index is 13.6. The molecule has 11 heteroatoms. The first-order chi connectivity index (χ1) is 11.3. The molecule has 1 heterocycles. The Morgan fingerprint density at radius 2 is 1.96 bits per heavy atom. The number of nitrogens with two attached hydrogens (primary N) is 1. The van der Waals surface area contributed by atoms with Crippen molar-refractivity contribution in [1.29, 1.82) is 0 Å². The van der Waals surface area contributed by atoms with Crippen molar-refractivity contribution in [2.75, 3.05) is 13.1 Å². The lowest BCUT2D eigenvalue weighted by atomic mass is 10.2. The molecule has 1 amide bonds. The van der Waals surface area contributed by atoms with Gasteiger partial charge in [0, 0.05) is 18.9 Å². The molecule has 0 aliphatic rings. The van der Waals surface area contributed by atoms with E-state index in [1.807, 2.05) is 0 Å². The van der Waals surface area contributed by atoms with Crippen molar-refractivity contribution in [1.82, 2.24) is 10.3 Å². The zero-order valence-electron chi connectivity index (χ0n) is 13.3.